The van der Waals surface area contributed by atoms with Crippen molar-refractivity contribution in [3.63, 3.8) is 0 Å². The number of halogens is 1. The fraction of sp³-hybridized carbons (Fsp3) is 0.481. The molecule has 2 unspecified atom stereocenters. The van der Waals surface area contributed by atoms with Gasteiger partial charge in [0.25, 0.3) is 0 Å². The number of aromatic nitrogens is 3. The summed E-state index contributed by atoms with van der Waals surface area (Å²) in [6.07, 6.45) is 3.50. The molecule has 8 nitrogen and oxygen atoms in total. The third-order valence-corrected chi connectivity index (χ3v) is 6.93. The van der Waals surface area contributed by atoms with Crippen LogP contribution in [0.15, 0.2) is 30.3 Å². The second-order valence-electron chi connectivity index (χ2n) is 10.4. The molecule has 1 aromatic carbocycles. The Morgan fingerprint density at radius 1 is 1.17 bits per heavy atom. The van der Waals surface area contributed by atoms with E-state index in [-0.39, 0.29) is 30.0 Å². The van der Waals surface area contributed by atoms with Crippen molar-refractivity contribution in [2.24, 2.45) is 5.41 Å². The van der Waals surface area contributed by atoms with Gasteiger partial charge in [0, 0.05) is 17.7 Å². The van der Waals surface area contributed by atoms with Crippen LogP contribution in [0.3, 0.4) is 0 Å². The van der Waals surface area contributed by atoms with Crippen LogP contribution in [0.1, 0.15) is 45.6 Å². The van der Waals surface area contributed by atoms with Gasteiger partial charge in [-0.25, -0.2) is 4.98 Å². The van der Waals surface area contributed by atoms with Gasteiger partial charge in [-0.3, -0.25) is 4.79 Å². The van der Waals surface area contributed by atoms with Crippen LogP contribution in [0.4, 0.5) is 5.82 Å². The maximum absolute atomic E-state index is 12.3. The first kappa shape index (κ1) is 24.7. The number of hydrogen-bond acceptors (Lipinski definition) is 8. The molecule has 3 aliphatic heterocycles. The molecule has 5 heterocycles. The number of fused-ring (bicyclic) bond motifs is 5. The lowest BCUT2D eigenvalue weighted by molar-refractivity contribution is -0.154. The Morgan fingerprint density at radius 3 is 2.78 bits per heavy atom. The molecule has 0 radical (unpaired) electrons. The molecule has 0 aliphatic carbocycles. The SMILES string of the molecule is COc1ccc(-c2ccc3c(N4CC5CCCC4CO5)nc(Cl)nc3n2)cc1COC(=O)C(C)(C)C. The van der Waals surface area contributed by atoms with Gasteiger partial charge in [0.05, 0.1) is 42.4 Å². The van der Waals surface area contributed by atoms with E-state index in [1.54, 1.807) is 7.11 Å². The van der Waals surface area contributed by atoms with E-state index in [1.807, 2.05) is 51.1 Å². The quantitative estimate of drug-likeness (QED) is 0.342. The first-order valence-electron chi connectivity index (χ1n) is 12.3. The average molecular weight is 511 g/mol. The number of methoxy groups -OCH3 is 1. The zero-order valence-corrected chi connectivity index (χ0v) is 21.8. The minimum absolute atomic E-state index is 0.110. The molecule has 0 amide bonds. The van der Waals surface area contributed by atoms with E-state index in [2.05, 4.69) is 14.9 Å². The fourth-order valence-corrected chi connectivity index (χ4v) is 4.93. The zero-order valence-electron chi connectivity index (χ0n) is 21.1. The summed E-state index contributed by atoms with van der Waals surface area (Å²) in [7, 11) is 1.60. The summed E-state index contributed by atoms with van der Waals surface area (Å²) in [6, 6.07) is 9.95. The van der Waals surface area contributed by atoms with E-state index in [4.69, 9.17) is 30.8 Å². The van der Waals surface area contributed by atoms with Crippen molar-refractivity contribution in [3.05, 3.63) is 41.2 Å². The summed E-state index contributed by atoms with van der Waals surface area (Å²) in [5.41, 5.74) is 2.31. The number of esters is 1. The summed E-state index contributed by atoms with van der Waals surface area (Å²) in [6.45, 7) is 7.09. The largest absolute Gasteiger partial charge is 0.496 e. The van der Waals surface area contributed by atoms with Gasteiger partial charge in [0.1, 0.15) is 18.2 Å². The van der Waals surface area contributed by atoms with E-state index in [0.717, 1.165) is 53.8 Å². The highest BCUT2D eigenvalue weighted by molar-refractivity contribution is 6.28. The number of carbonyl (C=O) groups excluding carboxylic acids is 1. The fourth-order valence-electron chi connectivity index (χ4n) is 4.77. The van der Waals surface area contributed by atoms with Gasteiger partial charge in [-0.2, -0.15) is 9.97 Å². The number of benzene rings is 1. The number of nitrogens with zero attached hydrogens (tertiary/aromatic N) is 4. The molecular formula is C27H31ClN4O4. The molecule has 190 valence electrons. The molecule has 36 heavy (non-hydrogen) atoms. The van der Waals surface area contributed by atoms with E-state index < -0.39 is 5.41 Å². The lowest BCUT2D eigenvalue weighted by Crippen LogP contribution is -2.48. The number of rotatable bonds is 5. The normalized spacial score (nSPS) is 19.9. The van der Waals surface area contributed by atoms with Gasteiger partial charge in [0.2, 0.25) is 5.28 Å². The Kier molecular flexibility index (Phi) is 6.74. The van der Waals surface area contributed by atoms with Crippen LogP contribution in [0.5, 0.6) is 5.75 Å². The van der Waals surface area contributed by atoms with Crippen molar-refractivity contribution < 1.29 is 19.0 Å². The molecule has 2 aromatic heterocycles. The summed E-state index contributed by atoms with van der Waals surface area (Å²) >= 11 is 6.37. The highest BCUT2D eigenvalue weighted by Crippen LogP contribution is 2.34. The minimum atomic E-state index is -0.583. The van der Waals surface area contributed by atoms with E-state index >= 15 is 0 Å². The summed E-state index contributed by atoms with van der Waals surface area (Å²) in [5.74, 6) is 1.19. The van der Waals surface area contributed by atoms with Crippen molar-refractivity contribution in [2.45, 2.75) is 58.8 Å². The molecule has 3 saturated heterocycles. The highest BCUT2D eigenvalue weighted by Gasteiger charge is 2.34. The van der Waals surface area contributed by atoms with E-state index in [1.165, 1.54) is 0 Å². The third-order valence-electron chi connectivity index (χ3n) is 6.76. The maximum atomic E-state index is 12.3. The second kappa shape index (κ2) is 9.82. The van der Waals surface area contributed by atoms with Crippen LogP contribution in [0.2, 0.25) is 5.28 Å². The van der Waals surface area contributed by atoms with Gasteiger partial charge in [-0.05, 0) is 82.0 Å². The number of pyridine rings is 1. The molecule has 2 bridgehead atoms. The van der Waals surface area contributed by atoms with Gasteiger partial charge in [-0.15, -0.1) is 0 Å². The summed E-state index contributed by atoms with van der Waals surface area (Å²) in [4.78, 5) is 28.5. The van der Waals surface area contributed by atoms with Gasteiger partial charge < -0.3 is 19.1 Å². The molecule has 3 fully saturated rings. The van der Waals surface area contributed by atoms with E-state index in [9.17, 15) is 4.79 Å². The Bertz CT molecular complexity index is 1290. The molecule has 0 N–H and O–H groups in total. The highest BCUT2D eigenvalue weighted by atomic mass is 35.5. The zero-order chi connectivity index (χ0) is 25.4. The lowest BCUT2D eigenvalue weighted by Gasteiger charge is -2.38. The van der Waals surface area contributed by atoms with Crippen molar-refractivity contribution in [1.82, 2.24) is 15.0 Å². The minimum Gasteiger partial charge on any atom is -0.496 e. The molecule has 6 rings (SSSR count). The lowest BCUT2D eigenvalue weighted by atomic mass is 9.97. The monoisotopic (exact) mass is 510 g/mol. The Balaban J connectivity index is 1.48. The topological polar surface area (TPSA) is 86.7 Å². The van der Waals surface area contributed by atoms with Crippen LogP contribution >= 0.6 is 11.6 Å². The van der Waals surface area contributed by atoms with Crippen LogP contribution in [-0.2, 0) is 20.9 Å². The smallest absolute Gasteiger partial charge is 0.311 e. The number of carbonyl (C=O) groups is 1. The average Bonchev–Trinajstić information content (AvgIpc) is 3.21. The Morgan fingerprint density at radius 2 is 2.00 bits per heavy atom. The van der Waals surface area contributed by atoms with Gasteiger partial charge in [0.15, 0.2) is 5.65 Å². The van der Waals surface area contributed by atoms with Crippen LogP contribution < -0.4 is 9.64 Å². The first-order valence-corrected chi connectivity index (χ1v) is 12.7. The maximum Gasteiger partial charge on any atom is 0.311 e. The molecule has 0 spiro atoms. The van der Waals surface area contributed by atoms with Crippen molar-refractivity contribution in [1.29, 1.82) is 0 Å². The number of morpholine rings is 1. The molecule has 9 heteroatoms. The van der Waals surface area contributed by atoms with Crippen LogP contribution in [0.25, 0.3) is 22.3 Å². The van der Waals surface area contributed by atoms with Gasteiger partial charge in [-0.1, -0.05) is 0 Å². The third kappa shape index (κ3) is 4.97. The molecular weight excluding hydrogens is 480 g/mol. The summed E-state index contributed by atoms with van der Waals surface area (Å²) in [5, 5.41) is 1.04. The molecule has 0 saturated carbocycles. The number of anilines is 1. The molecule has 3 aliphatic rings. The standard InChI is InChI=1S/C27H31ClN4O4/c1-27(2,3)25(33)36-14-17-12-16(8-11-22(17)34-4)21-10-9-20-23(29-21)30-26(28)31-24(20)32-13-19-7-5-6-18(32)15-35-19/h8-12,18-19H,5-7,13-15H2,1-4H3. The predicted molar refractivity (Wildman–Crippen MR) is 138 cm³/mol. The number of hydrogen-bond donors (Lipinski definition) is 0. The van der Waals surface area contributed by atoms with Gasteiger partial charge >= 0.3 is 5.97 Å². The van der Waals surface area contributed by atoms with E-state index in [0.29, 0.717) is 18.0 Å². The number of ether oxygens (including phenoxy) is 3. The van der Waals surface area contributed by atoms with Crippen molar-refractivity contribution >= 4 is 34.4 Å². The second-order valence-corrected chi connectivity index (χ2v) is 10.8. The van der Waals surface area contributed by atoms with Crippen LogP contribution in [0, 0.1) is 5.41 Å². The van der Waals surface area contributed by atoms with Crippen molar-refractivity contribution in [3.8, 4) is 17.0 Å². The van der Waals surface area contributed by atoms with Crippen LogP contribution in [-0.4, -0.2) is 53.3 Å². The predicted octanol–water partition coefficient (Wildman–Crippen LogP) is 5.20. The Labute approximate surface area is 215 Å². The van der Waals surface area contributed by atoms with Crippen molar-refractivity contribution in [2.75, 3.05) is 25.2 Å². The Hall–Kier alpha value is -2.97. The molecule has 3 aromatic rings. The first-order chi connectivity index (χ1) is 17.2. The summed E-state index contributed by atoms with van der Waals surface area (Å²) < 4.78 is 17.0. The molecule has 2 atom stereocenters.